The lowest BCUT2D eigenvalue weighted by molar-refractivity contribution is -0.390. The summed E-state index contributed by atoms with van der Waals surface area (Å²) in [6.45, 7) is 3.61. The van der Waals surface area contributed by atoms with Gasteiger partial charge in [0.25, 0.3) is 0 Å². The maximum Gasteiger partial charge on any atom is 0.416 e. The predicted molar refractivity (Wildman–Crippen MR) is 112 cm³/mol. The zero-order valence-corrected chi connectivity index (χ0v) is 18.6. The molecule has 3 aromatic rings. The van der Waals surface area contributed by atoms with Gasteiger partial charge >= 0.3 is 12.0 Å². The molecule has 0 radical (unpaired) electrons. The first kappa shape index (κ1) is 23.4. The lowest BCUT2D eigenvalue weighted by Crippen LogP contribution is -2.16. The average molecular weight is 515 g/mol. The molecule has 1 aromatic carbocycles. The number of carbonyl (C=O) groups excluding carboxylic acids is 1. The van der Waals surface area contributed by atoms with Gasteiger partial charge in [-0.1, -0.05) is 12.1 Å². The van der Waals surface area contributed by atoms with Crippen molar-refractivity contribution in [2.24, 2.45) is 0 Å². The number of benzene rings is 1. The normalized spacial score (nSPS) is 11.6. The van der Waals surface area contributed by atoms with Gasteiger partial charge in [0.1, 0.15) is 4.47 Å². The highest BCUT2D eigenvalue weighted by atomic mass is 79.9. The van der Waals surface area contributed by atoms with E-state index in [1.54, 1.807) is 19.9 Å². The molecule has 0 aliphatic heterocycles. The van der Waals surface area contributed by atoms with Gasteiger partial charge < -0.3 is 15.4 Å². The number of anilines is 1. The number of aryl methyl sites for hydroxylation is 2. The van der Waals surface area contributed by atoms with E-state index in [9.17, 15) is 28.1 Å². The fraction of sp³-hybridized carbons (Fsp3) is 0.316. The van der Waals surface area contributed by atoms with Gasteiger partial charge in [0, 0.05) is 6.42 Å². The molecule has 0 aliphatic carbocycles. The monoisotopic (exact) mass is 514 g/mol. The first-order valence-corrected chi connectivity index (χ1v) is 10.1. The van der Waals surface area contributed by atoms with Gasteiger partial charge in [0.05, 0.1) is 47.0 Å². The number of carbonyl (C=O) groups is 1. The zero-order valence-electron chi connectivity index (χ0n) is 17.0. The molecule has 0 saturated carbocycles. The Morgan fingerprint density at radius 2 is 2.00 bits per heavy atom. The summed E-state index contributed by atoms with van der Waals surface area (Å²) < 4.78 is 41.9. The Hall–Kier alpha value is -3.22. The van der Waals surface area contributed by atoms with Crippen molar-refractivity contribution >= 4 is 33.3 Å². The van der Waals surface area contributed by atoms with Gasteiger partial charge in [0.15, 0.2) is 0 Å². The quantitative estimate of drug-likeness (QED) is 0.369. The first-order valence-electron chi connectivity index (χ1n) is 9.33. The second-order valence-corrected chi connectivity index (χ2v) is 7.87. The Bertz CT molecular complexity index is 1170. The smallest absolute Gasteiger partial charge is 0.358 e. The van der Waals surface area contributed by atoms with E-state index in [0.29, 0.717) is 22.6 Å². The van der Waals surface area contributed by atoms with Gasteiger partial charge in [-0.2, -0.15) is 23.0 Å². The summed E-state index contributed by atoms with van der Waals surface area (Å²) in [6, 6.07) is 4.98. The molecule has 0 saturated heterocycles. The fourth-order valence-electron chi connectivity index (χ4n) is 3.09. The zero-order chi connectivity index (χ0) is 23.6. The van der Waals surface area contributed by atoms with Crippen LogP contribution in [0.4, 0.5) is 24.7 Å². The van der Waals surface area contributed by atoms with E-state index in [1.807, 2.05) is 0 Å². The van der Waals surface area contributed by atoms with Crippen molar-refractivity contribution in [3.8, 4) is 0 Å². The largest absolute Gasteiger partial charge is 0.416 e. The molecule has 0 unspecified atom stereocenters. The van der Waals surface area contributed by atoms with E-state index < -0.39 is 16.7 Å². The van der Waals surface area contributed by atoms with Crippen LogP contribution < -0.4 is 5.32 Å². The minimum absolute atomic E-state index is 0.00294. The minimum atomic E-state index is -4.44. The second kappa shape index (κ2) is 9.10. The van der Waals surface area contributed by atoms with Crippen LogP contribution in [0.5, 0.6) is 0 Å². The van der Waals surface area contributed by atoms with Crippen molar-refractivity contribution < 1.29 is 22.9 Å². The highest BCUT2D eigenvalue weighted by molar-refractivity contribution is 9.10. The van der Waals surface area contributed by atoms with Crippen LogP contribution in [0.1, 0.15) is 28.9 Å². The molecule has 2 heterocycles. The highest BCUT2D eigenvalue weighted by Gasteiger charge is 2.30. The number of nitrogens with zero attached hydrogens (tertiary/aromatic N) is 5. The summed E-state index contributed by atoms with van der Waals surface area (Å²) in [4.78, 5) is 22.6. The van der Waals surface area contributed by atoms with Gasteiger partial charge in [-0.15, -0.1) is 0 Å². The Morgan fingerprint density at radius 1 is 1.28 bits per heavy atom. The molecule has 0 bridgehead atoms. The fourth-order valence-corrected chi connectivity index (χ4v) is 3.55. The van der Waals surface area contributed by atoms with Crippen LogP contribution in [-0.2, 0) is 24.1 Å². The maximum atomic E-state index is 12.9. The Balaban J connectivity index is 1.68. The molecule has 3 rings (SSSR count). The molecule has 0 spiro atoms. The van der Waals surface area contributed by atoms with Crippen molar-refractivity contribution in [3.05, 3.63) is 67.6 Å². The molecule has 1 N–H and O–H groups in total. The summed E-state index contributed by atoms with van der Waals surface area (Å²) in [5.74, 6) is -0.697. The summed E-state index contributed by atoms with van der Waals surface area (Å²) in [5, 5.41) is 21.7. The Kier molecular flexibility index (Phi) is 6.67. The SMILES string of the molecule is Cc1nn(Cc2cccc(C(F)(F)F)c2)c(C)c1NC(=O)CCn1cc(Br)c([N+](=O)[O-])n1. The topological polar surface area (TPSA) is 108 Å². The van der Waals surface area contributed by atoms with Gasteiger partial charge in [-0.3, -0.25) is 9.48 Å². The maximum absolute atomic E-state index is 12.9. The number of alkyl halides is 3. The van der Waals surface area contributed by atoms with Crippen LogP contribution in [0.25, 0.3) is 0 Å². The minimum Gasteiger partial charge on any atom is -0.358 e. The van der Waals surface area contributed by atoms with E-state index in [0.717, 1.165) is 12.1 Å². The van der Waals surface area contributed by atoms with E-state index in [-0.39, 0.29) is 35.7 Å². The van der Waals surface area contributed by atoms with E-state index >= 15 is 0 Å². The van der Waals surface area contributed by atoms with E-state index in [1.165, 1.54) is 21.6 Å². The summed E-state index contributed by atoms with van der Waals surface area (Å²) in [6.07, 6.45) is -3.02. The van der Waals surface area contributed by atoms with Crippen molar-refractivity contribution in [2.75, 3.05) is 5.32 Å². The average Bonchev–Trinajstić information content (AvgIpc) is 3.20. The molecule has 0 atom stereocenters. The third-order valence-corrected chi connectivity index (χ3v) is 5.23. The highest BCUT2D eigenvalue weighted by Crippen LogP contribution is 2.30. The van der Waals surface area contributed by atoms with Crippen LogP contribution >= 0.6 is 15.9 Å². The van der Waals surface area contributed by atoms with Crippen molar-refractivity contribution in [1.82, 2.24) is 19.6 Å². The molecule has 1 amide bonds. The van der Waals surface area contributed by atoms with Crippen LogP contribution in [0, 0.1) is 24.0 Å². The van der Waals surface area contributed by atoms with Gasteiger partial charge in [0.2, 0.25) is 5.91 Å². The number of nitrogens with one attached hydrogen (secondary N) is 1. The van der Waals surface area contributed by atoms with E-state index in [4.69, 9.17) is 0 Å². The number of amides is 1. The molecular formula is C19H18BrF3N6O3. The summed E-state index contributed by atoms with van der Waals surface area (Å²) in [7, 11) is 0. The van der Waals surface area contributed by atoms with Crippen LogP contribution in [-0.4, -0.2) is 30.4 Å². The first-order chi connectivity index (χ1) is 15.0. The lowest BCUT2D eigenvalue weighted by atomic mass is 10.1. The van der Waals surface area contributed by atoms with Gasteiger partial charge in [-0.25, -0.2) is 0 Å². The standard InChI is InChI=1S/C19H18BrF3N6O3/c1-11-17(24-16(30)6-7-27-10-15(20)18(26-27)29(31)32)12(2)28(25-11)9-13-4-3-5-14(8-13)19(21,22)23/h3-5,8,10H,6-7,9H2,1-2H3,(H,24,30). The molecule has 0 fully saturated rings. The number of hydrogen-bond donors (Lipinski definition) is 1. The van der Waals surface area contributed by atoms with Crippen molar-refractivity contribution in [1.29, 1.82) is 0 Å². The second-order valence-electron chi connectivity index (χ2n) is 7.02. The van der Waals surface area contributed by atoms with Crippen LogP contribution in [0.15, 0.2) is 34.9 Å². The van der Waals surface area contributed by atoms with Crippen LogP contribution in [0.2, 0.25) is 0 Å². The molecule has 32 heavy (non-hydrogen) atoms. The molecular weight excluding hydrogens is 497 g/mol. The lowest BCUT2D eigenvalue weighted by Gasteiger charge is -2.10. The third-order valence-electron chi connectivity index (χ3n) is 4.67. The molecule has 13 heteroatoms. The van der Waals surface area contributed by atoms with Crippen molar-refractivity contribution in [3.63, 3.8) is 0 Å². The molecule has 2 aromatic heterocycles. The van der Waals surface area contributed by atoms with Gasteiger partial charge in [-0.05, 0) is 52.4 Å². The van der Waals surface area contributed by atoms with Crippen LogP contribution in [0.3, 0.4) is 0 Å². The number of nitro groups is 1. The molecule has 170 valence electrons. The Morgan fingerprint density at radius 3 is 2.62 bits per heavy atom. The summed E-state index contributed by atoms with van der Waals surface area (Å²) in [5.41, 5.74) is 1.25. The number of aromatic nitrogens is 4. The third kappa shape index (κ3) is 5.33. The molecule has 9 nitrogen and oxygen atoms in total. The summed E-state index contributed by atoms with van der Waals surface area (Å²) >= 11 is 3.04. The van der Waals surface area contributed by atoms with Crippen molar-refractivity contribution in [2.45, 2.75) is 39.5 Å². The number of hydrogen-bond acceptors (Lipinski definition) is 5. The Labute approximate surface area is 188 Å². The number of halogens is 4. The predicted octanol–water partition coefficient (Wildman–Crippen LogP) is 4.46. The van der Waals surface area contributed by atoms with E-state index in [2.05, 4.69) is 31.4 Å². The number of rotatable bonds is 7. The molecule has 0 aliphatic rings.